The third-order valence-corrected chi connectivity index (χ3v) is 6.29. The molecule has 0 spiro atoms. The fourth-order valence-corrected chi connectivity index (χ4v) is 4.63. The van der Waals surface area contributed by atoms with Crippen molar-refractivity contribution in [2.75, 3.05) is 13.7 Å². The number of aromatic amines is 1. The van der Waals surface area contributed by atoms with Crippen LogP contribution in [0.4, 0.5) is 0 Å². The maximum absolute atomic E-state index is 12.5. The lowest BCUT2D eigenvalue weighted by molar-refractivity contribution is -0.120. The molecule has 0 aliphatic rings. The van der Waals surface area contributed by atoms with E-state index in [9.17, 15) is 4.79 Å². The largest absolute Gasteiger partial charge is 0.497 e. The molecule has 6 nitrogen and oxygen atoms in total. The molecule has 0 atom stereocenters. The molecule has 2 N–H and O–H groups in total. The van der Waals surface area contributed by atoms with Gasteiger partial charge in [0.15, 0.2) is 4.96 Å². The average molecular weight is 431 g/mol. The van der Waals surface area contributed by atoms with Gasteiger partial charge in [0.05, 0.1) is 19.2 Å². The SMILES string of the molecule is COc1ccc(-c2cn3c(CC(=O)NCCc4c[nH]c5ccccc45)csc3n2)cc1. The van der Waals surface area contributed by atoms with Gasteiger partial charge in [0, 0.05) is 46.5 Å². The van der Waals surface area contributed by atoms with Crippen LogP contribution in [-0.2, 0) is 17.6 Å². The summed E-state index contributed by atoms with van der Waals surface area (Å²) in [5, 5.41) is 6.25. The smallest absolute Gasteiger partial charge is 0.225 e. The van der Waals surface area contributed by atoms with Gasteiger partial charge >= 0.3 is 0 Å². The number of ether oxygens (including phenoxy) is 1. The number of hydrogen-bond acceptors (Lipinski definition) is 4. The van der Waals surface area contributed by atoms with Gasteiger partial charge in [0.2, 0.25) is 5.91 Å². The van der Waals surface area contributed by atoms with Gasteiger partial charge in [-0.3, -0.25) is 9.20 Å². The van der Waals surface area contributed by atoms with Gasteiger partial charge in [-0.15, -0.1) is 11.3 Å². The van der Waals surface area contributed by atoms with Gasteiger partial charge in [0.25, 0.3) is 0 Å². The van der Waals surface area contributed by atoms with E-state index in [0.29, 0.717) is 13.0 Å². The summed E-state index contributed by atoms with van der Waals surface area (Å²) in [4.78, 5) is 21.4. The minimum absolute atomic E-state index is 0.0132. The highest BCUT2D eigenvalue weighted by Crippen LogP contribution is 2.25. The minimum Gasteiger partial charge on any atom is -0.497 e. The second-order valence-corrected chi connectivity index (χ2v) is 8.21. The molecule has 5 rings (SSSR count). The summed E-state index contributed by atoms with van der Waals surface area (Å²) in [6.45, 7) is 0.606. The van der Waals surface area contributed by atoms with Crippen LogP contribution in [0.15, 0.2) is 66.3 Å². The Bertz CT molecular complexity index is 1350. The van der Waals surface area contributed by atoms with Crippen molar-refractivity contribution in [2.45, 2.75) is 12.8 Å². The summed E-state index contributed by atoms with van der Waals surface area (Å²) >= 11 is 1.55. The van der Waals surface area contributed by atoms with Gasteiger partial charge in [-0.2, -0.15) is 0 Å². The molecular formula is C24H22N4O2S. The van der Waals surface area contributed by atoms with E-state index in [1.54, 1.807) is 18.4 Å². The van der Waals surface area contributed by atoms with E-state index in [0.717, 1.165) is 39.6 Å². The van der Waals surface area contributed by atoms with E-state index in [1.807, 2.05) is 58.6 Å². The van der Waals surface area contributed by atoms with E-state index >= 15 is 0 Å². The van der Waals surface area contributed by atoms with Gasteiger partial charge < -0.3 is 15.0 Å². The van der Waals surface area contributed by atoms with E-state index in [-0.39, 0.29) is 5.91 Å². The summed E-state index contributed by atoms with van der Waals surface area (Å²) in [6, 6.07) is 16.0. The number of methoxy groups -OCH3 is 1. The number of hydrogen-bond donors (Lipinski definition) is 2. The lowest BCUT2D eigenvalue weighted by atomic mass is 10.1. The monoisotopic (exact) mass is 430 g/mol. The number of aromatic nitrogens is 3. The normalized spacial score (nSPS) is 11.3. The second kappa shape index (κ2) is 8.28. The van der Waals surface area contributed by atoms with Crippen molar-refractivity contribution >= 4 is 33.1 Å². The molecule has 0 unspecified atom stereocenters. The van der Waals surface area contributed by atoms with Crippen LogP contribution in [0.3, 0.4) is 0 Å². The molecule has 156 valence electrons. The Morgan fingerprint density at radius 2 is 2.03 bits per heavy atom. The second-order valence-electron chi connectivity index (χ2n) is 7.37. The van der Waals surface area contributed by atoms with Gasteiger partial charge in [0.1, 0.15) is 5.75 Å². The van der Waals surface area contributed by atoms with Crippen LogP contribution in [0.1, 0.15) is 11.3 Å². The molecule has 3 heterocycles. The lowest BCUT2D eigenvalue weighted by Gasteiger charge is -2.05. The highest BCUT2D eigenvalue weighted by atomic mass is 32.1. The molecule has 1 amide bonds. The Morgan fingerprint density at radius 1 is 1.19 bits per heavy atom. The van der Waals surface area contributed by atoms with Gasteiger partial charge in [-0.05, 0) is 42.3 Å². The van der Waals surface area contributed by atoms with Crippen molar-refractivity contribution in [2.24, 2.45) is 0 Å². The van der Waals surface area contributed by atoms with Crippen LogP contribution >= 0.6 is 11.3 Å². The van der Waals surface area contributed by atoms with Gasteiger partial charge in [-0.25, -0.2) is 4.98 Å². The number of thiazole rings is 1. The summed E-state index contributed by atoms with van der Waals surface area (Å²) in [5.74, 6) is 0.828. The molecule has 0 bridgehead atoms. The third-order valence-electron chi connectivity index (χ3n) is 5.40. The van der Waals surface area contributed by atoms with Crippen LogP contribution in [0, 0.1) is 0 Å². The Hall–Kier alpha value is -3.58. The number of fused-ring (bicyclic) bond motifs is 2. The highest BCUT2D eigenvalue weighted by molar-refractivity contribution is 7.15. The summed E-state index contributed by atoms with van der Waals surface area (Å²) in [6.07, 6.45) is 5.13. The quantitative estimate of drug-likeness (QED) is 0.401. The van der Waals surface area contributed by atoms with E-state index in [4.69, 9.17) is 9.72 Å². The molecule has 7 heteroatoms. The standard InChI is InChI=1S/C24H22N4O2S/c1-30-19-8-6-16(7-9-19)22-14-28-18(15-31-24(28)27-22)12-23(29)25-11-10-17-13-26-21-5-3-2-4-20(17)21/h2-9,13-15,26H,10-12H2,1H3,(H,25,29). The fraction of sp³-hybridized carbons (Fsp3) is 0.167. The lowest BCUT2D eigenvalue weighted by Crippen LogP contribution is -2.27. The summed E-state index contributed by atoms with van der Waals surface area (Å²) < 4.78 is 7.22. The first-order valence-corrected chi connectivity index (χ1v) is 11.0. The van der Waals surface area contributed by atoms with Crippen molar-refractivity contribution in [1.82, 2.24) is 19.7 Å². The minimum atomic E-state index is 0.0132. The topological polar surface area (TPSA) is 71.4 Å². The van der Waals surface area contributed by atoms with Crippen molar-refractivity contribution in [1.29, 1.82) is 0 Å². The Kier molecular flexibility index (Phi) is 5.18. The number of amides is 1. The molecule has 31 heavy (non-hydrogen) atoms. The van der Waals surface area contributed by atoms with Crippen LogP contribution in [-0.4, -0.2) is 33.9 Å². The van der Waals surface area contributed by atoms with Crippen LogP contribution < -0.4 is 10.1 Å². The third kappa shape index (κ3) is 3.92. The number of benzene rings is 2. The Morgan fingerprint density at radius 3 is 2.87 bits per heavy atom. The zero-order valence-corrected chi connectivity index (χ0v) is 17.9. The van der Waals surface area contributed by atoms with Crippen LogP contribution in [0.2, 0.25) is 0 Å². The molecular weight excluding hydrogens is 408 g/mol. The molecule has 0 aliphatic carbocycles. The predicted molar refractivity (Wildman–Crippen MR) is 124 cm³/mol. The average Bonchev–Trinajstić information content (AvgIpc) is 3.50. The van der Waals surface area contributed by atoms with Crippen LogP contribution in [0.5, 0.6) is 5.75 Å². The molecule has 0 aliphatic heterocycles. The highest BCUT2D eigenvalue weighted by Gasteiger charge is 2.13. The number of rotatable bonds is 7. The summed E-state index contributed by atoms with van der Waals surface area (Å²) in [5.41, 5.74) is 5.18. The van der Waals surface area contributed by atoms with E-state index in [1.165, 1.54) is 10.9 Å². The maximum atomic E-state index is 12.5. The number of nitrogens with zero attached hydrogens (tertiary/aromatic N) is 2. The van der Waals surface area contributed by atoms with Crippen molar-refractivity contribution in [3.8, 4) is 17.0 Å². The van der Waals surface area contributed by atoms with Crippen molar-refractivity contribution < 1.29 is 9.53 Å². The van der Waals surface area contributed by atoms with Crippen LogP contribution in [0.25, 0.3) is 27.1 Å². The Labute approximate surface area is 183 Å². The predicted octanol–water partition coefficient (Wildman–Crippen LogP) is 4.45. The number of carbonyl (C=O) groups excluding carboxylic acids is 1. The molecule has 2 aromatic carbocycles. The fourth-order valence-electron chi connectivity index (χ4n) is 3.76. The molecule has 0 radical (unpaired) electrons. The molecule has 5 aromatic rings. The summed E-state index contributed by atoms with van der Waals surface area (Å²) in [7, 11) is 1.65. The van der Waals surface area contributed by atoms with Crippen molar-refractivity contribution in [3.05, 3.63) is 77.6 Å². The van der Waals surface area contributed by atoms with Gasteiger partial charge in [-0.1, -0.05) is 18.2 Å². The van der Waals surface area contributed by atoms with E-state index in [2.05, 4.69) is 22.4 Å². The first kappa shape index (κ1) is 19.4. The molecule has 0 fully saturated rings. The maximum Gasteiger partial charge on any atom is 0.225 e. The number of para-hydroxylation sites is 1. The van der Waals surface area contributed by atoms with E-state index < -0.39 is 0 Å². The first-order valence-electron chi connectivity index (χ1n) is 10.1. The van der Waals surface area contributed by atoms with Crippen molar-refractivity contribution in [3.63, 3.8) is 0 Å². The molecule has 3 aromatic heterocycles. The zero-order chi connectivity index (χ0) is 21.2. The number of imidazole rings is 1. The molecule has 0 saturated heterocycles. The zero-order valence-electron chi connectivity index (χ0n) is 17.1. The first-order chi connectivity index (χ1) is 15.2. The number of carbonyl (C=O) groups is 1. The number of nitrogens with one attached hydrogen (secondary N) is 2. The number of H-pyrrole nitrogens is 1. The molecule has 0 saturated carbocycles. The Balaban J connectivity index is 1.23.